The van der Waals surface area contributed by atoms with E-state index in [1.165, 1.54) is 11.8 Å². The molecular formula is C19H21N3O2. The van der Waals surface area contributed by atoms with E-state index < -0.39 is 0 Å². The molecule has 2 heterocycles. The molecule has 0 unspecified atom stereocenters. The number of aromatic nitrogens is 2. The molecule has 1 saturated heterocycles. The first-order valence-corrected chi connectivity index (χ1v) is 8.13. The second kappa shape index (κ2) is 7.84. The number of ether oxygens (including phenoxy) is 1. The summed E-state index contributed by atoms with van der Waals surface area (Å²) in [7, 11) is 0. The number of carbonyl (C=O) groups is 1. The fourth-order valence-corrected chi connectivity index (χ4v) is 3.14. The van der Waals surface area contributed by atoms with Crippen molar-refractivity contribution in [3.8, 4) is 0 Å². The molecule has 0 bridgehead atoms. The first-order valence-electron chi connectivity index (χ1n) is 8.13. The maximum absolute atomic E-state index is 12.8. The lowest BCUT2D eigenvalue weighted by Gasteiger charge is -2.28. The van der Waals surface area contributed by atoms with Crippen LogP contribution in [0.3, 0.4) is 0 Å². The van der Waals surface area contributed by atoms with Crippen LogP contribution in [0.15, 0.2) is 61.4 Å². The lowest BCUT2D eigenvalue weighted by Crippen LogP contribution is -2.42. The average molecular weight is 323 g/mol. The number of rotatable bonds is 6. The summed E-state index contributed by atoms with van der Waals surface area (Å²) in [6.07, 6.45) is 6.42. The minimum atomic E-state index is -0.0180. The number of benzene rings is 1. The molecule has 2 aromatic rings. The van der Waals surface area contributed by atoms with Crippen molar-refractivity contribution in [3.05, 3.63) is 72.6 Å². The molecule has 1 aromatic heterocycles. The quantitative estimate of drug-likeness (QED) is 0.767. The van der Waals surface area contributed by atoms with Crippen LogP contribution in [0.1, 0.15) is 22.3 Å². The Labute approximate surface area is 142 Å². The van der Waals surface area contributed by atoms with Crippen molar-refractivity contribution >= 4 is 5.91 Å². The first kappa shape index (κ1) is 16.3. The van der Waals surface area contributed by atoms with Gasteiger partial charge in [0, 0.05) is 6.54 Å². The van der Waals surface area contributed by atoms with Crippen LogP contribution in [-0.4, -0.2) is 46.3 Å². The minimum absolute atomic E-state index is 0.00742. The van der Waals surface area contributed by atoms with Gasteiger partial charge >= 0.3 is 0 Å². The van der Waals surface area contributed by atoms with Crippen molar-refractivity contribution in [1.29, 1.82) is 0 Å². The molecule has 124 valence electrons. The van der Waals surface area contributed by atoms with Crippen LogP contribution in [0, 0.1) is 0 Å². The van der Waals surface area contributed by atoms with Gasteiger partial charge in [0.05, 0.1) is 36.7 Å². The van der Waals surface area contributed by atoms with E-state index in [9.17, 15) is 4.79 Å². The van der Waals surface area contributed by atoms with Gasteiger partial charge in [0.1, 0.15) is 0 Å². The highest BCUT2D eigenvalue weighted by Crippen LogP contribution is 2.26. The highest BCUT2D eigenvalue weighted by molar-refractivity contribution is 5.94. The summed E-state index contributed by atoms with van der Waals surface area (Å²) in [5.74, 6) is -0.0180. The molecule has 3 rings (SSSR count). The van der Waals surface area contributed by atoms with Crippen LogP contribution in [0.4, 0.5) is 0 Å². The molecule has 1 aliphatic rings. The summed E-state index contributed by atoms with van der Waals surface area (Å²) in [6.45, 7) is 4.89. The number of nitrogens with zero attached hydrogens (tertiary/aromatic N) is 3. The fraction of sp³-hybridized carbons (Fsp3) is 0.316. The summed E-state index contributed by atoms with van der Waals surface area (Å²) in [6, 6.07) is 11.9. The van der Waals surface area contributed by atoms with Crippen molar-refractivity contribution < 1.29 is 9.53 Å². The van der Waals surface area contributed by atoms with Gasteiger partial charge in [0.25, 0.3) is 5.91 Å². The fourth-order valence-electron chi connectivity index (χ4n) is 3.14. The zero-order valence-corrected chi connectivity index (χ0v) is 13.5. The van der Waals surface area contributed by atoms with Crippen LogP contribution in [0.2, 0.25) is 0 Å². The van der Waals surface area contributed by atoms with Gasteiger partial charge in [0.2, 0.25) is 0 Å². The number of hydrogen-bond donors (Lipinski definition) is 0. The molecule has 5 heteroatoms. The standard InChI is InChI=1S/C19H21N3O2/c1-2-12-24-18-9-11-22(19(23)16-8-10-20-21-14-16)17(18)13-15-6-4-3-5-7-15/h2-8,10,14,17-18H,1,9,11-13H2/t17-,18+/m0/s1. The molecule has 0 aliphatic carbocycles. The predicted molar refractivity (Wildman–Crippen MR) is 91.6 cm³/mol. The lowest BCUT2D eigenvalue weighted by molar-refractivity contribution is 0.0379. The average Bonchev–Trinajstić information content (AvgIpc) is 3.03. The van der Waals surface area contributed by atoms with Gasteiger partial charge in [0.15, 0.2) is 0 Å². The zero-order chi connectivity index (χ0) is 16.8. The van der Waals surface area contributed by atoms with Gasteiger partial charge in [-0.05, 0) is 24.5 Å². The molecule has 24 heavy (non-hydrogen) atoms. The topological polar surface area (TPSA) is 55.3 Å². The maximum atomic E-state index is 12.8. The Bertz CT molecular complexity index is 676. The molecule has 0 radical (unpaired) electrons. The van der Waals surface area contributed by atoms with E-state index in [1.54, 1.807) is 18.3 Å². The Morgan fingerprint density at radius 2 is 2.12 bits per heavy atom. The van der Waals surface area contributed by atoms with E-state index in [2.05, 4.69) is 28.9 Å². The Morgan fingerprint density at radius 1 is 1.29 bits per heavy atom. The van der Waals surface area contributed by atoms with E-state index in [1.807, 2.05) is 23.1 Å². The second-order valence-electron chi connectivity index (χ2n) is 5.84. The molecule has 1 amide bonds. The molecule has 1 fully saturated rings. The van der Waals surface area contributed by atoms with Crippen LogP contribution in [0.5, 0.6) is 0 Å². The molecule has 0 spiro atoms. The Kier molecular flexibility index (Phi) is 5.33. The van der Waals surface area contributed by atoms with E-state index in [0.29, 0.717) is 18.7 Å². The maximum Gasteiger partial charge on any atom is 0.255 e. The van der Waals surface area contributed by atoms with Crippen LogP contribution in [-0.2, 0) is 11.2 Å². The highest BCUT2D eigenvalue weighted by atomic mass is 16.5. The van der Waals surface area contributed by atoms with E-state index >= 15 is 0 Å². The smallest absolute Gasteiger partial charge is 0.255 e. The van der Waals surface area contributed by atoms with Gasteiger partial charge in [-0.25, -0.2) is 0 Å². The Balaban J connectivity index is 1.81. The van der Waals surface area contributed by atoms with Gasteiger partial charge < -0.3 is 9.64 Å². The first-order chi connectivity index (χ1) is 11.8. The van der Waals surface area contributed by atoms with E-state index in [4.69, 9.17) is 4.74 Å². The minimum Gasteiger partial charge on any atom is -0.372 e. The van der Waals surface area contributed by atoms with Crippen molar-refractivity contribution in [2.75, 3.05) is 13.2 Å². The lowest BCUT2D eigenvalue weighted by atomic mass is 10.0. The van der Waals surface area contributed by atoms with Crippen LogP contribution >= 0.6 is 0 Å². The third kappa shape index (κ3) is 3.68. The molecule has 2 atom stereocenters. The predicted octanol–water partition coefficient (Wildman–Crippen LogP) is 2.51. The largest absolute Gasteiger partial charge is 0.372 e. The number of hydrogen-bond acceptors (Lipinski definition) is 4. The normalized spacial score (nSPS) is 20.1. The Morgan fingerprint density at radius 3 is 2.83 bits per heavy atom. The van der Waals surface area contributed by atoms with Crippen LogP contribution in [0.25, 0.3) is 0 Å². The highest BCUT2D eigenvalue weighted by Gasteiger charge is 2.38. The molecule has 0 saturated carbocycles. The van der Waals surface area contributed by atoms with Crippen molar-refractivity contribution in [2.45, 2.75) is 25.0 Å². The van der Waals surface area contributed by atoms with Gasteiger partial charge in [-0.2, -0.15) is 10.2 Å². The van der Waals surface area contributed by atoms with Crippen molar-refractivity contribution in [2.24, 2.45) is 0 Å². The summed E-state index contributed by atoms with van der Waals surface area (Å²) in [4.78, 5) is 14.7. The van der Waals surface area contributed by atoms with Gasteiger partial charge in [-0.3, -0.25) is 4.79 Å². The van der Waals surface area contributed by atoms with E-state index in [-0.39, 0.29) is 18.1 Å². The van der Waals surface area contributed by atoms with Gasteiger partial charge in [-0.1, -0.05) is 36.4 Å². The zero-order valence-electron chi connectivity index (χ0n) is 13.5. The summed E-state index contributed by atoms with van der Waals surface area (Å²) in [5.41, 5.74) is 1.76. The molecular weight excluding hydrogens is 302 g/mol. The van der Waals surface area contributed by atoms with Crippen LogP contribution < -0.4 is 0 Å². The number of carbonyl (C=O) groups excluding carboxylic acids is 1. The second-order valence-corrected chi connectivity index (χ2v) is 5.84. The third-order valence-electron chi connectivity index (χ3n) is 4.29. The molecule has 1 aromatic carbocycles. The monoisotopic (exact) mass is 323 g/mol. The van der Waals surface area contributed by atoms with Crippen molar-refractivity contribution in [3.63, 3.8) is 0 Å². The summed E-state index contributed by atoms with van der Waals surface area (Å²) >= 11 is 0. The number of amides is 1. The third-order valence-corrected chi connectivity index (χ3v) is 4.29. The van der Waals surface area contributed by atoms with Crippen molar-refractivity contribution in [1.82, 2.24) is 15.1 Å². The van der Waals surface area contributed by atoms with E-state index in [0.717, 1.165) is 12.8 Å². The molecule has 0 N–H and O–H groups in total. The number of likely N-dealkylation sites (tertiary alicyclic amines) is 1. The SMILES string of the molecule is C=CCO[C@@H]1CCN(C(=O)c2ccnnc2)[C@H]1Cc1ccccc1. The molecule has 5 nitrogen and oxygen atoms in total. The summed E-state index contributed by atoms with van der Waals surface area (Å²) < 4.78 is 5.91. The Hall–Kier alpha value is -2.53. The van der Waals surface area contributed by atoms with Gasteiger partial charge in [-0.15, -0.1) is 6.58 Å². The molecule has 1 aliphatic heterocycles. The summed E-state index contributed by atoms with van der Waals surface area (Å²) in [5, 5.41) is 7.55.